The Balaban J connectivity index is 2.90. The first-order chi connectivity index (χ1) is 8.81. The monoisotopic (exact) mass is 269 g/mol. The summed E-state index contributed by atoms with van der Waals surface area (Å²) in [4.78, 5) is 33.1. The van der Waals surface area contributed by atoms with E-state index in [2.05, 4.69) is 5.32 Å². The molecule has 0 saturated heterocycles. The first-order valence-electron chi connectivity index (χ1n) is 5.19. The summed E-state index contributed by atoms with van der Waals surface area (Å²) < 4.78 is 12.9. The van der Waals surface area contributed by atoms with Gasteiger partial charge in [0.1, 0.15) is 5.82 Å². The fraction of sp³-hybridized carbons (Fsp3) is 0.182. The Morgan fingerprint density at radius 2 is 2.00 bits per heavy atom. The van der Waals surface area contributed by atoms with Crippen molar-refractivity contribution in [3.05, 3.63) is 29.6 Å². The number of hydrogen-bond donors (Lipinski definition) is 4. The number of hydrogen-bond acceptors (Lipinski definition) is 4. The molecule has 1 aromatic carbocycles. The molecule has 0 spiro atoms. The van der Waals surface area contributed by atoms with Gasteiger partial charge in [-0.15, -0.1) is 0 Å². The molecule has 19 heavy (non-hydrogen) atoms. The van der Waals surface area contributed by atoms with Gasteiger partial charge in [0, 0.05) is 0 Å². The van der Waals surface area contributed by atoms with E-state index in [4.69, 9.17) is 16.6 Å². The van der Waals surface area contributed by atoms with E-state index in [-0.39, 0.29) is 12.1 Å². The average molecular weight is 269 g/mol. The Labute approximate surface area is 107 Å². The normalized spacial score (nSPS) is 11.7. The number of benzene rings is 1. The van der Waals surface area contributed by atoms with E-state index in [9.17, 15) is 18.8 Å². The highest BCUT2D eigenvalue weighted by Gasteiger charge is 2.19. The van der Waals surface area contributed by atoms with E-state index in [0.717, 1.165) is 18.2 Å². The summed E-state index contributed by atoms with van der Waals surface area (Å²) in [5, 5.41) is 11.1. The summed E-state index contributed by atoms with van der Waals surface area (Å²) >= 11 is 0. The summed E-state index contributed by atoms with van der Waals surface area (Å²) in [6.45, 7) is 0. The quantitative estimate of drug-likeness (QED) is 0.580. The molecule has 0 aliphatic carbocycles. The molecule has 8 heteroatoms. The Morgan fingerprint density at radius 1 is 1.37 bits per heavy atom. The predicted molar refractivity (Wildman–Crippen MR) is 63.8 cm³/mol. The lowest BCUT2D eigenvalue weighted by molar-refractivity contribution is -0.123. The van der Waals surface area contributed by atoms with E-state index in [1.165, 1.54) is 0 Å². The van der Waals surface area contributed by atoms with Gasteiger partial charge >= 0.3 is 5.97 Å². The van der Waals surface area contributed by atoms with Crippen molar-refractivity contribution in [1.82, 2.24) is 0 Å². The van der Waals surface area contributed by atoms with Gasteiger partial charge in [-0.1, -0.05) is 0 Å². The van der Waals surface area contributed by atoms with Crippen LogP contribution in [0.2, 0.25) is 0 Å². The molecule has 6 N–H and O–H groups in total. The van der Waals surface area contributed by atoms with Crippen LogP contribution in [0.25, 0.3) is 0 Å². The second kappa shape index (κ2) is 5.91. The molecule has 0 unspecified atom stereocenters. The van der Waals surface area contributed by atoms with Crippen LogP contribution in [0.3, 0.4) is 0 Å². The van der Waals surface area contributed by atoms with E-state index in [1.807, 2.05) is 0 Å². The molecular formula is C11H12FN3O4. The lowest BCUT2D eigenvalue weighted by atomic mass is 10.1. The van der Waals surface area contributed by atoms with Gasteiger partial charge < -0.3 is 21.9 Å². The van der Waals surface area contributed by atoms with Crippen LogP contribution in [0.4, 0.5) is 10.1 Å². The van der Waals surface area contributed by atoms with Crippen molar-refractivity contribution in [2.24, 2.45) is 11.5 Å². The van der Waals surface area contributed by atoms with Gasteiger partial charge in [-0.2, -0.15) is 0 Å². The average Bonchev–Trinajstić information content (AvgIpc) is 2.30. The summed E-state index contributed by atoms with van der Waals surface area (Å²) in [6, 6.07) is 1.64. The number of primary amides is 1. The molecule has 0 saturated carbocycles. The van der Waals surface area contributed by atoms with Crippen LogP contribution in [-0.2, 0) is 9.59 Å². The van der Waals surface area contributed by atoms with E-state index >= 15 is 0 Å². The molecule has 0 aliphatic rings. The molecule has 0 aromatic heterocycles. The van der Waals surface area contributed by atoms with Gasteiger partial charge in [-0.3, -0.25) is 9.59 Å². The predicted octanol–water partition coefficient (Wildman–Crippen LogP) is -0.335. The number of halogens is 1. The molecule has 0 bridgehead atoms. The van der Waals surface area contributed by atoms with Gasteiger partial charge in [0.05, 0.1) is 23.7 Å². The van der Waals surface area contributed by atoms with Crippen molar-refractivity contribution in [1.29, 1.82) is 0 Å². The van der Waals surface area contributed by atoms with Crippen molar-refractivity contribution >= 4 is 23.5 Å². The molecule has 102 valence electrons. The summed E-state index contributed by atoms with van der Waals surface area (Å²) in [6.07, 6.45) is -0.380. The first kappa shape index (κ1) is 14.6. The lowest BCUT2D eigenvalue weighted by Gasteiger charge is -2.12. The Bertz CT molecular complexity index is 533. The highest BCUT2D eigenvalue weighted by atomic mass is 19.1. The summed E-state index contributed by atoms with van der Waals surface area (Å²) in [5.74, 6) is -3.71. The fourth-order valence-electron chi connectivity index (χ4n) is 1.34. The summed E-state index contributed by atoms with van der Waals surface area (Å²) in [7, 11) is 0. The topological polar surface area (TPSA) is 136 Å². The third kappa shape index (κ3) is 4.03. The van der Waals surface area contributed by atoms with Crippen LogP contribution in [0, 0.1) is 5.82 Å². The maximum Gasteiger partial charge on any atom is 0.337 e. The maximum absolute atomic E-state index is 12.9. The van der Waals surface area contributed by atoms with Crippen LogP contribution in [-0.4, -0.2) is 28.9 Å². The fourth-order valence-corrected chi connectivity index (χ4v) is 1.34. The minimum atomic E-state index is -1.40. The van der Waals surface area contributed by atoms with E-state index < -0.39 is 35.2 Å². The molecule has 0 radical (unpaired) electrons. The highest BCUT2D eigenvalue weighted by molar-refractivity contribution is 6.03. The SMILES string of the molecule is NC(=O)C[C@H](N)C(=O)Nc1ccc(F)cc1C(=O)O. The number of carboxylic acid groups (broad SMARTS) is 1. The first-order valence-corrected chi connectivity index (χ1v) is 5.19. The number of nitrogens with one attached hydrogen (secondary N) is 1. The molecule has 7 nitrogen and oxygen atoms in total. The van der Waals surface area contributed by atoms with Crippen molar-refractivity contribution in [3.8, 4) is 0 Å². The van der Waals surface area contributed by atoms with Crippen LogP contribution < -0.4 is 16.8 Å². The molecular weight excluding hydrogens is 257 g/mol. The Kier molecular flexibility index (Phi) is 4.54. The highest BCUT2D eigenvalue weighted by Crippen LogP contribution is 2.17. The Morgan fingerprint density at radius 3 is 2.53 bits per heavy atom. The van der Waals surface area contributed by atoms with E-state index in [0.29, 0.717) is 0 Å². The zero-order chi connectivity index (χ0) is 14.6. The summed E-state index contributed by atoms with van der Waals surface area (Å²) in [5.41, 5.74) is 9.74. The standard InChI is InChI=1S/C11H12FN3O4/c12-5-1-2-8(6(3-5)11(18)19)15-10(17)7(13)4-9(14)16/h1-3,7H,4,13H2,(H2,14,16)(H,15,17)(H,18,19)/t7-/m0/s1. The largest absolute Gasteiger partial charge is 0.478 e. The minimum Gasteiger partial charge on any atom is -0.478 e. The second-order valence-electron chi connectivity index (χ2n) is 3.76. The number of rotatable bonds is 5. The van der Waals surface area contributed by atoms with Crippen molar-refractivity contribution in [3.63, 3.8) is 0 Å². The van der Waals surface area contributed by atoms with Gasteiger partial charge in [0.2, 0.25) is 11.8 Å². The van der Waals surface area contributed by atoms with Crippen molar-refractivity contribution in [2.45, 2.75) is 12.5 Å². The second-order valence-corrected chi connectivity index (χ2v) is 3.76. The maximum atomic E-state index is 12.9. The van der Waals surface area contributed by atoms with Crippen LogP contribution in [0.1, 0.15) is 16.8 Å². The van der Waals surface area contributed by atoms with Crippen LogP contribution >= 0.6 is 0 Å². The molecule has 0 heterocycles. The van der Waals surface area contributed by atoms with Gasteiger partial charge in [-0.25, -0.2) is 9.18 Å². The zero-order valence-electron chi connectivity index (χ0n) is 9.72. The smallest absolute Gasteiger partial charge is 0.337 e. The number of carbonyl (C=O) groups is 3. The van der Waals surface area contributed by atoms with Gasteiger partial charge in [0.25, 0.3) is 0 Å². The Hall–Kier alpha value is -2.48. The number of amides is 2. The molecule has 2 amide bonds. The van der Waals surface area contributed by atoms with E-state index in [1.54, 1.807) is 0 Å². The molecule has 0 aliphatic heterocycles. The van der Waals surface area contributed by atoms with Crippen molar-refractivity contribution < 1.29 is 23.9 Å². The minimum absolute atomic E-state index is 0.112. The molecule has 1 aromatic rings. The number of nitrogens with two attached hydrogens (primary N) is 2. The van der Waals surface area contributed by atoms with Crippen LogP contribution in [0.5, 0.6) is 0 Å². The van der Waals surface area contributed by atoms with Crippen LogP contribution in [0.15, 0.2) is 18.2 Å². The molecule has 1 rings (SSSR count). The molecule has 0 fully saturated rings. The van der Waals surface area contributed by atoms with Gasteiger partial charge in [0.15, 0.2) is 0 Å². The number of carboxylic acids is 1. The lowest BCUT2D eigenvalue weighted by Crippen LogP contribution is -2.39. The number of anilines is 1. The number of aromatic carboxylic acids is 1. The third-order valence-electron chi connectivity index (χ3n) is 2.23. The van der Waals surface area contributed by atoms with Crippen molar-refractivity contribution in [2.75, 3.05) is 5.32 Å². The zero-order valence-corrected chi connectivity index (χ0v) is 9.72. The molecule has 1 atom stereocenters. The number of carbonyl (C=O) groups excluding carboxylic acids is 2. The third-order valence-corrected chi connectivity index (χ3v) is 2.23. The van der Waals surface area contributed by atoms with Gasteiger partial charge in [-0.05, 0) is 18.2 Å².